The van der Waals surface area contributed by atoms with Gasteiger partial charge in [-0.2, -0.15) is 0 Å². The third-order valence-corrected chi connectivity index (χ3v) is 3.75. The van der Waals surface area contributed by atoms with Crippen LogP contribution in [0.3, 0.4) is 0 Å². The third kappa shape index (κ3) is 3.16. The summed E-state index contributed by atoms with van der Waals surface area (Å²) in [6, 6.07) is 8.58. The van der Waals surface area contributed by atoms with Crippen molar-refractivity contribution in [1.29, 1.82) is 0 Å². The van der Waals surface area contributed by atoms with Crippen LogP contribution in [0.15, 0.2) is 24.3 Å². The van der Waals surface area contributed by atoms with Gasteiger partial charge >= 0.3 is 0 Å². The molecule has 3 heteroatoms. The molecule has 1 aliphatic rings. The number of amides is 1. The number of carbonyl (C=O) groups is 1. The Morgan fingerprint density at radius 1 is 1.37 bits per heavy atom. The summed E-state index contributed by atoms with van der Waals surface area (Å²) in [6.07, 6.45) is 1.81. The van der Waals surface area contributed by atoms with Crippen LogP contribution in [-0.2, 0) is 17.8 Å². The molecule has 0 fully saturated rings. The maximum atomic E-state index is 12.6. The number of benzene rings is 1. The Morgan fingerprint density at radius 2 is 2.05 bits per heavy atom. The van der Waals surface area contributed by atoms with Crippen molar-refractivity contribution in [3.8, 4) is 0 Å². The van der Waals surface area contributed by atoms with Crippen LogP contribution in [0.1, 0.15) is 38.3 Å². The lowest BCUT2D eigenvalue weighted by molar-refractivity contribution is -0.135. The van der Waals surface area contributed by atoms with Crippen LogP contribution in [0.25, 0.3) is 0 Å². The van der Waals surface area contributed by atoms with Crippen LogP contribution in [0.4, 0.5) is 0 Å². The van der Waals surface area contributed by atoms with Crippen LogP contribution < -0.4 is 5.32 Å². The molecule has 19 heavy (non-hydrogen) atoms. The van der Waals surface area contributed by atoms with Crippen molar-refractivity contribution in [2.45, 2.75) is 52.2 Å². The summed E-state index contributed by atoms with van der Waals surface area (Å²) >= 11 is 0. The normalized spacial score (nSPS) is 18.2. The second-order valence-corrected chi connectivity index (χ2v) is 5.53. The van der Waals surface area contributed by atoms with Gasteiger partial charge in [0, 0.05) is 19.1 Å². The van der Waals surface area contributed by atoms with Gasteiger partial charge in [0.25, 0.3) is 0 Å². The van der Waals surface area contributed by atoms with Crippen LogP contribution in [0, 0.1) is 0 Å². The highest BCUT2D eigenvalue weighted by Gasteiger charge is 2.28. The molecule has 1 atom stereocenters. The fourth-order valence-corrected chi connectivity index (χ4v) is 2.69. The van der Waals surface area contributed by atoms with Gasteiger partial charge in [0.1, 0.15) is 0 Å². The predicted octanol–water partition coefficient (Wildman–Crippen LogP) is 2.35. The van der Waals surface area contributed by atoms with E-state index in [0.717, 1.165) is 25.9 Å². The van der Waals surface area contributed by atoms with Gasteiger partial charge in [-0.15, -0.1) is 0 Å². The number of hydrogen-bond acceptors (Lipinski definition) is 2. The Morgan fingerprint density at radius 3 is 2.68 bits per heavy atom. The van der Waals surface area contributed by atoms with Crippen molar-refractivity contribution in [2.24, 2.45) is 0 Å². The van der Waals surface area contributed by atoms with Gasteiger partial charge in [-0.25, -0.2) is 0 Å². The standard InChI is InChI=1S/C16H24N2O/c1-4-9-18(12(2)3)16(19)15-10-13-7-5-6-8-14(13)11-17-15/h5-8,12,15,17H,4,9-11H2,1-3H3. The maximum absolute atomic E-state index is 12.6. The molecule has 0 saturated carbocycles. The minimum absolute atomic E-state index is 0.0659. The van der Waals surface area contributed by atoms with E-state index >= 15 is 0 Å². The van der Waals surface area contributed by atoms with E-state index in [1.54, 1.807) is 0 Å². The number of nitrogens with zero attached hydrogens (tertiary/aromatic N) is 1. The van der Waals surface area contributed by atoms with Crippen molar-refractivity contribution in [3.05, 3.63) is 35.4 Å². The zero-order valence-corrected chi connectivity index (χ0v) is 12.1. The van der Waals surface area contributed by atoms with E-state index in [1.165, 1.54) is 11.1 Å². The maximum Gasteiger partial charge on any atom is 0.240 e. The van der Waals surface area contributed by atoms with E-state index in [-0.39, 0.29) is 18.0 Å². The van der Waals surface area contributed by atoms with Crippen LogP contribution in [0.5, 0.6) is 0 Å². The van der Waals surface area contributed by atoms with Crippen LogP contribution in [-0.4, -0.2) is 29.4 Å². The zero-order chi connectivity index (χ0) is 13.8. The van der Waals surface area contributed by atoms with Crippen molar-refractivity contribution in [3.63, 3.8) is 0 Å². The van der Waals surface area contributed by atoms with Crippen LogP contribution >= 0.6 is 0 Å². The van der Waals surface area contributed by atoms with E-state index < -0.39 is 0 Å². The average Bonchev–Trinajstić information content (AvgIpc) is 2.43. The summed E-state index contributed by atoms with van der Waals surface area (Å²) < 4.78 is 0. The van der Waals surface area contributed by atoms with E-state index in [1.807, 2.05) is 4.90 Å². The first-order valence-electron chi connectivity index (χ1n) is 7.24. The Bertz CT molecular complexity index is 442. The first-order valence-corrected chi connectivity index (χ1v) is 7.24. The summed E-state index contributed by atoms with van der Waals surface area (Å²) in [5.41, 5.74) is 2.62. The number of fused-ring (bicyclic) bond motifs is 1. The highest BCUT2D eigenvalue weighted by molar-refractivity contribution is 5.82. The molecular formula is C16H24N2O. The molecule has 1 amide bonds. The van der Waals surface area contributed by atoms with Gasteiger partial charge in [-0.1, -0.05) is 31.2 Å². The predicted molar refractivity (Wildman–Crippen MR) is 77.9 cm³/mol. The van der Waals surface area contributed by atoms with Gasteiger partial charge in [0.15, 0.2) is 0 Å². The number of hydrogen-bond donors (Lipinski definition) is 1. The SMILES string of the molecule is CCCN(C(=O)C1Cc2ccccc2CN1)C(C)C. The molecule has 1 aliphatic heterocycles. The molecule has 0 aliphatic carbocycles. The molecule has 104 valence electrons. The van der Waals surface area contributed by atoms with Gasteiger partial charge in [-0.3, -0.25) is 4.79 Å². The highest BCUT2D eigenvalue weighted by atomic mass is 16.2. The van der Waals surface area contributed by atoms with Crippen LogP contribution in [0.2, 0.25) is 0 Å². The van der Waals surface area contributed by atoms with Crippen molar-refractivity contribution in [1.82, 2.24) is 10.2 Å². The summed E-state index contributed by atoms with van der Waals surface area (Å²) in [7, 11) is 0. The smallest absolute Gasteiger partial charge is 0.240 e. The fourth-order valence-electron chi connectivity index (χ4n) is 2.69. The molecule has 0 saturated heterocycles. The van der Waals surface area contributed by atoms with Gasteiger partial charge in [-0.05, 0) is 37.8 Å². The lowest BCUT2D eigenvalue weighted by atomic mass is 9.95. The van der Waals surface area contributed by atoms with E-state index in [2.05, 4.69) is 50.4 Å². The Hall–Kier alpha value is -1.35. The molecule has 0 aromatic heterocycles. The monoisotopic (exact) mass is 260 g/mol. The molecule has 3 nitrogen and oxygen atoms in total. The summed E-state index contributed by atoms with van der Waals surface area (Å²) in [4.78, 5) is 14.6. The topological polar surface area (TPSA) is 32.3 Å². The quantitative estimate of drug-likeness (QED) is 0.901. The molecule has 0 spiro atoms. The molecule has 1 aromatic carbocycles. The lowest BCUT2D eigenvalue weighted by Gasteiger charge is -2.33. The van der Waals surface area contributed by atoms with E-state index in [0.29, 0.717) is 0 Å². The highest BCUT2D eigenvalue weighted by Crippen LogP contribution is 2.18. The number of nitrogens with one attached hydrogen (secondary N) is 1. The largest absolute Gasteiger partial charge is 0.339 e. The average molecular weight is 260 g/mol. The molecule has 1 unspecified atom stereocenters. The second-order valence-electron chi connectivity index (χ2n) is 5.53. The number of carbonyl (C=O) groups excluding carboxylic acids is 1. The Kier molecular flexibility index (Phi) is 4.59. The van der Waals surface area contributed by atoms with Crippen molar-refractivity contribution < 1.29 is 4.79 Å². The minimum Gasteiger partial charge on any atom is -0.339 e. The summed E-state index contributed by atoms with van der Waals surface area (Å²) in [5, 5.41) is 3.38. The van der Waals surface area contributed by atoms with Crippen molar-refractivity contribution in [2.75, 3.05) is 6.54 Å². The van der Waals surface area contributed by atoms with E-state index in [4.69, 9.17) is 0 Å². The summed E-state index contributed by atoms with van der Waals surface area (Å²) in [5.74, 6) is 0.242. The Labute approximate surface area is 116 Å². The zero-order valence-electron chi connectivity index (χ0n) is 12.1. The fraction of sp³-hybridized carbons (Fsp3) is 0.562. The van der Waals surface area contributed by atoms with E-state index in [9.17, 15) is 4.79 Å². The van der Waals surface area contributed by atoms with Gasteiger partial charge < -0.3 is 10.2 Å². The molecule has 0 bridgehead atoms. The summed E-state index contributed by atoms with van der Waals surface area (Å²) in [6.45, 7) is 7.93. The van der Waals surface area contributed by atoms with Gasteiger partial charge in [0.05, 0.1) is 6.04 Å². The first kappa shape index (κ1) is 14.1. The molecule has 1 N–H and O–H groups in total. The van der Waals surface area contributed by atoms with Crippen molar-refractivity contribution >= 4 is 5.91 Å². The lowest BCUT2D eigenvalue weighted by Crippen LogP contribution is -2.51. The molecule has 0 radical (unpaired) electrons. The van der Waals surface area contributed by atoms with Gasteiger partial charge in [0.2, 0.25) is 5.91 Å². The minimum atomic E-state index is -0.0659. The second kappa shape index (κ2) is 6.20. The molecule has 1 heterocycles. The molecular weight excluding hydrogens is 236 g/mol. The first-order chi connectivity index (χ1) is 9.13. The Balaban J connectivity index is 2.09. The number of rotatable bonds is 4. The third-order valence-electron chi connectivity index (χ3n) is 3.75. The molecule has 2 rings (SSSR count). The molecule has 1 aromatic rings.